The predicted molar refractivity (Wildman–Crippen MR) is 113 cm³/mol. The highest BCUT2D eigenvalue weighted by atomic mass is 28.5. The molecule has 0 saturated heterocycles. The zero-order chi connectivity index (χ0) is 19.4. The Balaban J connectivity index is 6.14. The summed E-state index contributed by atoms with van der Waals surface area (Å²) in [6.45, 7) is 29.6. The van der Waals surface area contributed by atoms with E-state index in [1.54, 1.807) is 0 Å². The van der Waals surface area contributed by atoms with Crippen LogP contribution in [-0.4, -0.2) is 39.5 Å². The highest BCUT2D eigenvalue weighted by Crippen LogP contribution is 2.32. The minimum absolute atomic E-state index is 0.345. The van der Waals surface area contributed by atoms with E-state index in [0.717, 1.165) is 12.0 Å². The Labute approximate surface area is 154 Å². The first-order valence-electron chi connectivity index (χ1n) is 8.74. The smallest absolute Gasteiger partial charge is 0.415 e. The Bertz CT molecular complexity index is 367. The van der Waals surface area contributed by atoms with Crippen LogP contribution in [0, 0.1) is 6.61 Å². The first kappa shape index (κ1) is 24.4. The normalized spacial score (nSPS) is 15.5. The zero-order valence-electron chi connectivity index (χ0n) is 17.7. The van der Waals surface area contributed by atoms with Crippen LogP contribution in [0.5, 0.6) is 0 Å². The van der Waals surface area contributed by atoms with Crippen molar-refractivity contribution in [2.75, 3.05) is 0 Å². The van der Waals surface area contributed by atoms with Gasteiger partial charge in [-0.15, -0.1) is 0 Å². The molecule has 0 aromatic rings. The van der Waals surface area contributed by atoms with E-state index in [9.17, 15) is 0 Å². The van der Waals surface area contributed by atoms with Crippen LogP contribution in [-0.2, 0) is 17.1 Å². The lowest BCUT2D eigenvalue weighted by molar-refractivity contribution is 0.108. The molecule has 143 valence electrons. The maximum Gasteiger partial charge on any atom is 0.504 e. The molecule has 0 aromatic heterocycles. The molecular weight excluding hydrogens is 369 g/mol. The molecule has 1 atom stereocenters. The molecule has 4 nitrogen and oxygen atoms in total. The van der Waals surface area contributed by atoms with Gasteiger partial charge in [0.05, 0.1) is 6.61 Å². The van der Waals surface area contributed by atoms with Gasteiger partial charge in [0.15, 0.2) is 25.0 Å². The monoisotopic (exact) mass is 407 g/mol. The van der Waals surface area contributed by atoms with Crippen molar-refractivity contribution in [3.8, 4) is 0 Å². The van der Waals surface area contributed by atoms with E-state index < -0.39 is 33.8 Å². The summed E-state index contributed by atoms with van der Waals surface area (Å²) < 4.78 is 26.2. The van der Waals surface area contributed by atoms with Crippen LogP contribution >= 0.6 is 0 Å². The summed E-state index contributed by atoms with van der Waals surface area (Å²) in [6.07, 6.45) is 0.821. The maximum atomic E-state index is 6.69. The Morgan fingerprint density at radius 3 is 1.38 bits per heavy atom. The lowest BCUT2D eigenvalue weighted by Crippen LogP contribution is -2.67. The van der Waals surface area contributed by atoms with Gasteiger partial charge in [-0.2, -0.15) is 0 Å². The molecule has 0 saturated carbocycles. The minimum atomic E-state index is -3.10. The molecule has 0 amide bonds. The molecule has 0 fully saturated rings. The lowest BCUT2D eigenvalue weighted by atomic mass is 10.4. The summed E-state index contributed by atoms with van der Waals surface area (Å²) in [6, 6.07) is 0. The predicted octanol–water partition coefficient (Wildman–Crippen LogP) is 5.55. The van der Waals surface area contributed by atoms with Gasteiger partial charge >= 0.3 is 8.80 Å². The molecule has 0 N–H and O–H groups in total. The van der Waals surface area contributed by atoms with Crippen LogP contribution in [0.25, 0.3) is 0 Å². The van der Waals surface area contributed by atoms with Crippen LogP contribution in [0.3, 0.4) is 0 Å². The third kappa shape index (κ3) is 9.81. The molecule has 0 spiro atoms. The van der Waals surface area contributed by atoms with Gasteiger partial charge in [-0.3, -0.25) is 0 Å². The molecule has 0 heterocycles. The van der Waals surface area contributed by atoms with E-state index in [2.05, 4.69) is 72.4 Å². The summed E-state index contributed by atoms with van der Waals surface area (Å²) in [4.78, 5) is 0. The summed E-state index contributed by atoms with van der Waals surface area (Å²) in [7, 11) is -8.86. The van der Waals surface area contributed by atoms with Crippen molar-refractivity contribution in [3.63, 3.8) is 0 Å². The number of hydrogen-bond donors (Lipinski definition) is 0. The molecule has 0 aromatic carbocycles. The fraction of sp³-hybridized carbons (Fsp3) is 0.812. The van der Waals surface area contributed by atoms with Gasteiger partial charge in [0.25, 0.3) is 0 Å². The second kappa shape index (κ2) is 8.89. The Morgan fingerprint density at radius 1 is 0.833 bits per heavy atom. The second-order valence-electron chi connectivity index (χ2n) is 9.18. The lowest BCUT2D eigenvalue weighted by Gasteiger charge is -2.46. The van der Waals surface area contributed by atoms with Crippen molar-refractivity contribution in [2.45, 2.75) is 84.9 Å². The molecule has 0 aliphatic rings. The van der Waals surface area contributed by atoms with Crippen molar-refractivity contribution >= 4 is 33.8 Å². The standard InChI is InChI=1S/C16H39O4Si4/c1-13-14-17-16(15(2)3)24(18-21(4,5)6,19-22(7,8)9)20-23(10,11)12/h14,16H,2,13H2,1,3-12H3. The van der Waals surface area contributed by atoms with Crippen molar-refractivity contribution in [3.05, 3.63) is 18.8 Å². The van der Waals surface area contributed by atoms with Gasteiger partial charge in [-0.05, 0) is 77.8 Å². The van der Waals surface area contributed by atoms with Gasteiger partial charge in [-0.25, -0.2) is 0 Å². The van der Waals surface area contributed by atoms with Crippen molar-refractivity contribution in [1.29, 1.82) is 0 Å². The Kier molecular flexibility index (Phi) is 9.06. The number of ether oxygens (including phenoxy) is 1. The first-order valence-corrected chi connectivity index (χ1v) is 20.8. The van der Waals surface area contributed by atoms with Gasteiger partial charge in [-0.1, -0.05) is 13.5 Å². The maximum absolute atomic E-state index is 6.69. The third-order valence-electron chi connectivity index (χ3n) is 2.51. The molecule has 0 aliphatic heterocycles. The fourth-order valence-electron chi connectivity index (χ4n) is 2.20. The molecule has 0 aliphatic carbocycles. The molecule has 0 bridgehead atoms. The molecular formula is C16H39O4Si4. The van der Waals surface area contributed by atoms with Crippen molar-refractivity contribution in [1.82, 2.24) is 0 Å². The molecule has 1 unspecified atom stereocenters. The van der Waals surface area contributed by atoms with Crippen molar-refractivity contribution in [2.24, 2.45) is 0 Å². The van der Waals surface area contributed by atoms with Crippen molar-refractivity contribution < 1.29 is 17.1 Å². The topological polar surface area (TPSA) is 36.9 Å². The zero-order valence-corrected chi connectivity index (χ0v) is 21.7. The fourth-order valence-corrected chi connectivity index (χ4v) is 16.2. The highest BCUT2D eigenvalue weighted by Gasteiger charge is 2.57. The largest absolute Gasteiger partial charge is 0.504 e. The van der Waals surface area contributed by atoms with E-state index in [4.69, 9.17) is 17.1 Å². The number of rotatable bonds is 11. The third-order valence-corrected chi connectivity index (χ3v) is 14.5. The first-order chi connectivity index (χ1) is 10.5. The van der Waals surface area contributed by atoms with Gasteiger partial charge in [0.2, 0.25) is 0 Å². The summed E-state index contributed by atoms with van der Waals surface area (Å²) >= 11 is 0. The van der Waals surface area contributed by atoms with Crippen LogP contribution in [0.15, 0.2) is 12.2 Å². The van der Waals surface area contributed by atoms with Gasteiger partial charge in [0, 0.05) is 0 Å². The van der Waals surface area contributed by atoms with E-state index in [-0.39, 0.29) is 5.73 Å². The average molecular weight is 408 g/mol. The molecule has 1 radical (unpaired) electrons. The summed E-state index contributed by atoms with van der Waals surface area (Å²) in [5, 5.41) is 0. The van der Waals surface area contributed by atoms with E-state index in [1.165, 1.54) is 0 Å². The Hall–Kier alpha value is 0.448. The van der Waals surface area contributed by atoms with Crippen LogP contribution in [0.2, 0.25) is 58.9 Å². The highest BCUT2D eigenvalue weighted by molar-refractivity contribution is 6.90. The van der Waals surface area contributed by atoms with E-state index >= 15 is 0 Å². The van der Waals surface area contributed by atoms with Crippen LogP contribution in [0.1, 0.15) is 20.3 Å². The summed E-state index contributed by atoms with van der Waals surface area (Å²) in [5.41, 5.74) is 0.559. The average Bonchev–Trinajstić information content (AvgIpc) is 2.20. The summed E-state index contributed by atoms with van der Waals surface area (Å²) in [5.74, 6) is 0. The molecule has 24 heavy (non-hydrogen) atoms. The van der Waals surface area contributed by atoms with Crippen LogP contribution in [0.4, 0.5) is 0 Å². The molecule has 0 rings (SSSR count). The minimum Gasteiger partial charge on any atom is -0.415 e. The van der Waals surface area contributed by atoms with Crippen LogP contribution < -0.4 is 0 Å². The van der Waals surface area contributed by atoms with Gasteiger partial charge in [0.1, 0.15) is 5.73 Å². The van der Waals surface area contributed by atoms with Gasteiger partial charge < -0.3 is 17.1 Å². The molecule has 8 heteroatoms. The second-order valence-corrected chi connectivity index (χ2v) is 26.0. The van der Waals surface area contributed by atoms with E-state index in [1.807, 2.05) is 13.5 Å². The Morgan fingerprint density at radius 2 is 1.17 bits per heavy atom. The van der Waals surface area contributed by atoms with E-state index in [0.29, 0.717) is 0 Å². The SMILES string of the molecule is C=C(C)C(O[CH]CC)[Si](O[Si](C)(C)C)(O[Si](C)(C)C)O[Si](C)(C)C. The quantitative estimate of drug-likeness (QED) is 0.332. The number of hydrogen-bond acceptors (Lipinski definition) is 4.